The Morgan fingerprint density at radius 2 is 2.00 bits per heavy atom. The largest absolute Gasteiger partial charge is 0.372 e. The van der Waals surface area contributed by atoms with E-state index in [-0.39, 0.29) is 11.5 Å². The smallest absolute Gasteiger partial charge is 0.225 e. The highest BCUT2D eigenvalue weighted by Crippen LogP contribution is 2.39. The van der Waals surface area contributed by atoms with Crippen molar-refractivity contribution in [1.82, 2.24) is 10.2 Å². The average molecular weight is 266 g/mol. The maximum atomic E-state index is 12.6. The lowest BCUT2D eigenvalue weighted by atomic mass is 9.88. The van der Waals surface area contributed by atoms with Crippen LogP contribution in [-0.2, 0) is 9.53 Å². The summed E-state index contributed by atoms with van der Waals surface area (Å²) in [5, 5.41) is 3.33. The first-order valence-corrected chi connectivity index (χ1v) is 7.72. The number of fused-ring (bicyclic) bond motifs is 1. The molecule has 0 aliphatic carbocycles. The van der Waals surface area contributed by atoms with Gasteiger partial charge in [-0.3, -0.25) is 4.79 Å². The Balaban J connectivity index is 1.60. The molecule has 4 heteroatoms. The fraction of sp³-hybridized carbons (Fsp3) is 0.933. The molecular weight excluding hydrogens is 240 g/mol. The van der Waals surface area contributed by atoms with E-state index in [4.69, 9.17) is 4.74 Å². The molecule has 4 nitrogen and oxygen atoms in total. The van der Waals surface area contributed by atoms with Gasteiger partial charge in [-0.15, -0.1) is 0 Å². The lowest BCUT2D eigenvalue weighted by molar-refractivity contribution is -0.139. The predicted molar refractivity (Wildman–Crippen MR) is 73.8 cm³/mol. The third kappa shape index (κ3) is 2.79. The van der Waals surface area contributed by atoms with Crippen molar-refractivity contribution in [2.75, 3.05) is 26.2 Å². The standard InChI is InChI=1S/C15H26N2O2/c1-15(2)9-12-10-17(8-5-13(12)19-15)14(18)11-3-6-16-7-4-11/h11-13,16H,3-10H2,1-2H3/t12-,13+/m1/s1. The number of ether oxygens (including phenoxy) is 1. The molecule has 0 aromatic rings. The molecule has 0 aromatic carbocycles. The Labute approximate surface area is 115 Å². The molecule has 2 atom stereocenters. The minimum absolute atomic E-state index is 0.00312. The zero-order chi connectivity index (χ0) is 13.5. The second-order valence-corrected chi connectivity index (χ2v) is 6.98. The summed E-state index contributed by atoms with van der Waals surface area (Å²) in [6.07, 6.45) is 4.50. The number of hydrogen-bond acceptors (Lipinski definition) is 3. The van der Waals surface area contributed by atoms with Gasteiger partial charge in [0.2, 0.25) is 5.91 Å². The Bertz CT molecular complexity index is 350. The van der Waals surface area contributed by atoms with Crippen LogP contribution in [0.15, 0.2) is 0 Å². The van der Waals surface area contributed by atoms with Crippen LogP contribution in [0.5, 0.6) is 0 Å². The Kier molecular flexibility index (Phi) is 3.56. The number of rotatable bonds is 1. The molecule has 3 saturated heterocycles. The second kappa shape index (κ2) is 5.06. The fourth-order valence-corrected chi connectivity index (χ4v) is 3.98. The zero-order valence-corrected chi connectivity index (χ0v) is 12.2. The quantitative estimate of drug-likeness (QED) is 0.780. The molecule has 3 aliphatic heterocycles. The number of carbonyl (C=O) groups is 1. The summed E-state index contributed by atoms with van der Waals surface area (Å²) in [6.45, 7) is 8.13. The Morgan fingerprint density at radius 3 is 2.74 bits per heavy atom. The first-order valence-electron chi connectivity index (χ1n) is 7.72. The number of carbonyl (C=O) groups excluding carboxylic acids is 1. The lowest BCUT2D eigenvalue weighted by Crippen LogP contribution is -2.48. The lowest BCUT2D eigenvalue weighted by Gasteiger charge is -2.37. The number of likely N-dealkylation sites (tertiary alicyclic amines) is 1. The molecule has 3 fully saturated rings. The van der Waals surface area contributed by atoms with Crippen LogP contribution in [0.25, 0.3) is 0 Å². The summed E-state index contributed by atoms with van der Waals surface area (Å²) in [4.78, 5) is 14.7. The van der Waals surface area contributed by atoms with Gasteiger partial charge < -0.3 is 15.0 Å². The van der Waals surface area contributed by atoms with Gasteiger partial charge in [0, 0.05) is 24.9 Å². The molecule has 0 saturated carbocycles. The topological polar surface area (TPSA) is 41.6 Å². The van der Waals surface area contributed by atoms with Gasteiger partial charge in [-0.25, -0.2) is 0 Å². The summed E-state index contributed by atoms with van der Waals surface area (Å²) < 4.78 is 6.08. The number of nitrogens with zero attached hydrogens (tertiary/aromatic N) is 1. The highest BCUT2D eigenvalue weighted by atomic mass is 16.5. The van der Waals surface area contributed by atoms with E-state index in [0.29, 0.717) is 17.9 Å². The van der Waals surface area contributed by atoms with Crippen molar-refractivity contribution in [1.29, 1.82) is 0 Å². The van der Waals surface area contributed by atoms with Gasteiger partial charge in [-0.2, -0.15) is 0 Å². The molecule has 0 aromatic heterocycles. The Morgan fingerprint density at radius 1 is 1.26 bits per heavy atom. The van der Waals surface area contributed by atoms with Gasteiger partial charge in [0.25, 0.3) is 0 Å². The molecule has 0 spiro atoms. The van der Waals surface area contributed by atoms with Crippen LogP contribution in [0.4, 0.5) is 0 Å². The molecule has 0 radical (unpaired) electrons. The van der Waals surface area contributed by atoms with E-state index in [1.54, 1.807) is 0 Å². The van der Waals surface area contributed by atoms with Crippen molar-refractivity contribution in [3.63, 3.8) is 0 Å². The summed E-state index contributed by atoms with van der Waals surface area (Å²) >= 11 is 0. The summed E-state index contributed by atoms with van der Waals surface area (Å²) in [5.41, 5.74) is 0.00312. The van der Waals surface area contributed by atoms with E-state index in [1.165, 1.54) is 0 Å². The van der Waals surface area contributed by atoms with Gasteiger partial charge in [0.15, 0.2) is 0 Å². The third-order valence-corrected chi connectivity index (χ3v) is 4.89. The molecule has 19 heavy (non-hydrogen) atoms. The van der Waals surface area contributed by atoms with Crippen LogP contribution in [0, 0.1) is 11.8 Å². The van der Waals surface area contributed by atoms with E-state index in [1.807, 2.05) is 0 Å². The van der Waals surface area contributed by atoms with Gasteiger partial charge in [-0.05, 0) is 52.6 Å². The molecule has 3 heterocycles. The predicted octanol–water partition coefficient (Wildman–Crippen LogP) is 1.40. The van der Waals surface area contributed by atoms with Crippen LogP contribution in [0.1, 0.15) is 39.5 Å². The minimum atomic E-state index is 0.00312. The fourth-order valence-electron chi connectivity index (χ4n) is 3.98. The van der Waals surface area contributed by atoms with E-state index in [2.05, 4.69) is 24.1 Å². The maximum Gasteiger partial charge on any atom is 0.225 e. The van der Waals surface area contributed by atoms with E-state index < -0.39 is 0 Å². The molecule has 1 amide bonds. The number of hydrogen-bond donors (Lipinski definition) is 1. The summed E-state index contributed by atoms with van der Waals surface area (Å²) in [7, 11) is 0. The highest BCUT2D eigenvalue weighted by Gasteiger charge is 2.44. The van der Waals surface area contributed by atoms with E-state index in [9.17, 15) is 4.79 Å². The van der Waals surface area contributed by atoms with Crippen LogP contribution in [0.2, 0.25) is 0 Å². The molecule has 3 rings (SSSR count). The van der Waals surface area contributed by atoms with Gasteiger partial charge in [0.05, 0.1) is 11.7 Å². The van der Waals surface area contributed by atoms with Crippen LogP contribution < -0.4 is 5.32 Å². The Hall–Kier alpha value is -0.610. The van der Waals surface area contributed by atoms with Crippen molar-refractivity contribution in [2.24, 2.45) is 11.8 Å². The third-order valence-electron chi connectivity index (χ3n) is 4.89. The SMILES string of the molecule is CC1(C)C[C@@H]2CN(C(=O)C3CCNCC3)CC[C@@H]2O1. The monoisotopic (exact) mass is 266 g/mol. The van der Waals surface area contributed by atoms with Crippen molar-refractivity contribution in [3.05, 3.63) is 0 Å². The average Bonchev–Trinajstić information content (AvgIpc) is 2.71. The number of nitrogens with one attached hydrogen (secondary N) is 1. The zero-order valence-electron chi connectivity index (χ0n) is 12.2. The molecule has 1 N–H and O–H groups in total. The second-order valence-electron chi connectivity index (χ2n) is 6.98. The first kappa shape index (κ1) is 13.4. The van der Waals surface area contributed by atoms with Crippen LogP contribution in [0.3, 0.4) is 0 Å². The summed E-state index contributed by atoms with van der Waals surface area (Å²) in [5.74, 6) is 1.20. The normalized spacial score (nSPS) is 35.2. The van der Waals surface area contributed by atoms with Crippen LogP contribution in [-0.4, -0.2) is 48.7 Å². The molecule has 0 unspecified atom stereocenters. The molecule has 0 bridgehead atoms. The highest BCUT2D eigenvalue weighted by molar-refractivity contribution is 5.79. The van der Waals surface area contributed by atoms with Gasteiger partial charge in [-0.1, -0.05) is 0 Å². The minimum Gasteiger partial charge on any atom is -0.372 e. The molecule has 3 aliphatic rings. The first-order chi connectivity index (χ1) is 9.05. The van der Waals surface area contributed by atoms with Gasteiger partial charge >= 0.3 is 0 Å². The summed E-state index contributed by atoms with van der Waals surface area (Å²) in [6, 6.07) is 0. The van der Waals surface area contributed by atoms with Crippen molar-refractivity contribution < 1.29 is 9.53 Å². The van der Waals surface area contributed by atoms with Crippen molar-refractivity contribution in [2.45, 2.75) is 51.2 Å². The van der Waals surface area contributed by atoms with Gasteiger partial charge in [0.1, 0.15) is 0 Å². The molecule has 108 valence electrons. The number of piperidine rings is 2. The number of amides is 1. The maximum absolute atomic E-state index is 12.6. The van der Waals surface area contributed by atoms with Crippen molar-refractivity contribution >= 4 is 5.91 Å². The van der Waals surface area contributed by atoms with Crippen molar-refractivity contribution in [3.8, 4) is 0 Å². The van der Waals surface area contributed by atoms with E-state index in [0.717, 1.165) is 51.9 Å². The van der Waals surface area contributed by atoms with Crippen LogP contribution >= 0.6 is 0 Å². The molecular formula is C15H26N2O2. The van der Waals surface area contributed by atoms with E-state index >= 15 is 0 Å².